The predicted octanol–water partition coefficient (Wildman–Crippen LogP) is 5.58. The summed E-state index contributed by atoms with van der Waals surface area (Å²) >= 11 is 0. The molecule has 1 aliphatic rings. The average Bonchev–Trinajstić information content (AvgIpc) is 2.51. The molecule has 0 saturated carbocycles. The molecular formula is C23H30O3. The van der Waals surface area contributed by atoms with Gasteiger partial charge >= 0.3 is 5.97 Å². The summed E-state index contributed by atoms with van der Waals surface area (Å²) in [6, 6.07) is 0. The van der Waals surface area contributed by atoms with E-state index in [1.54, 1.807) is 13.0 Å². The summed E-state index contributed by atoms with van der Waals surface area (Å²) in [5.74, 6) is -0.697. The van der Waals surface area contributed by atoms with Crippen LogP contribution in [-0.4, -0.2) is 16.9 Å². The predicted molar refractivity (Wildman–Crippen MR) is 108 cm³/mol. The first kappa shape index (κ1) is 21.6. The van der Waals surface area contributed by atoms with E-state index in [2.05, 4.69) is 20.4 Å². The van der Waals surface area contributed by atoms with Gasteiger partial charge in [-0.05, 0) is 55.7 Å². The number of Topliss-reactive ketones (excluding diaryl/α,β-unsaturated/α-hetero) is 1. The van der Waals surface area contributed by atoms with E-state index in [9.17, 15) is 9.59 Å². The molecule has 140 valence electrons. The van der Waals surface area contributed by atoms with Crippen LogP contribution in [0.3, 0.4) is 0 Å². The van der Waals surface area contributed by atoms with Gasteiger partial charge in [0.05, 0.1) is 0 Å². The Labute approximate surface area is 157 Å². The second kappa shape index (κ2) is 9.33. The SMILES string of the molecule is C=CCC1CC(C)(C)C(/C=C/C(C)=C/C=C/C(C)=C/C(=O)O)=C(C)C1=O. The zero-order valence-electron chi connectivity index (χ0n) is 16.5. The second-order valence-electron chi connectivity index (χ2n) is 7.54. The first-order chi connectivity index (χ1) is 12.1. The van der Waals surface area contributed by atoms with E-state index in [-0.39, 0.29) is 17.1 Å². The molecule has 0 aromatic heterocycles. The van der Waals surface area contributed by atoms with Crippen molar-refractivity contribution in [2.75, 3.05) is 0 Å². The van der Waals surface area contributed by atoms with Gasteiger partial charge in [-0.1, -0.05) is 55.9 Å². The van der Waals surface area contributed by atoms with Crippen LogP contribution in [-0.2, 0) is 9.59 Å². The maximum atomic E-state index is 12.6. The number of hydrogen-bond acceptors (Lipinski definition) is 2. The third kappa shape index (κ3) is 6.14. The van der Waals surface area contributed by atoms with Gasteiger partial charge in [-0.25, -0.2) is 4.79 Å². The minimum atomic E-state index is -0.950. The molecule has 1 aliphatic carbocycles. The van der Waals surface area contributed by atoms with Crippen LogP contribution < -0.4 is 0 Å². The average molecular weight is 354 g/mol. The highest BCUT2D eigenvalue weighted by Gasteiger charge is 2.36. The van der Waals surface area contributed by atoms with E-state index >= 15 is 0 Å². The molecule has 0 aromatic carbocycles. The fourth-order valence-corrected chi connectivity index (χ4v) is 3.37. The maximum Gasteiger partial charge on any atom is 0.328 e. The highest BCUT2D eigenvalue weighted by molar-refractivity contribution is 5.99. The van der Waals surface area contributed by atoms with Crippen LogP contribution in [0.25, 0.3) is 0 Å². The second-order valence-corrected chi connectivity index (χ2v) is 7.54. The molecule has 26 heavy (non-hydrogen) atoms. The summed E-state index contributed by atoms with van der Waals surface area (Å²) in [4.78, 5) is 23.2. The van der Waals surface area contributed by atoms with E-state index < -0.39 is 5.97 Å². The van der Waals surface area contributed by atoms with Crippen LogP contribution >= 0.6 is 0 Å². The van der Waals surface area contributed by atoms with Crippen molar-refractivity contribution in [3.63, 3.8) is 0 Å². The monoisotopic (exact) mass is 354 g/mol. The number of ketones is 1. The van der Waals surface area contributed by atoms with Crippen molar-refractivity contribution in [2.45, 2.75) is 47.5 Å². The minimum absolute atomic E-state index is 0.0308. The molecule has 0 aromatic rings. The quantitative estimate of drug-likeness (QED) is 0.369. The van der Waals surface area contributed by atoms with Crippen molar-refractivity contribution < 1.29 is 14.7 Å². The lowest BCUT2D eigenvalue weighted by Crippen LogP contribution is -2.32. The number of carboxylic acid groups (broad SMARTS) is 1. The van der Waals surface area contributed by atoms with Crippen molar-refractivity contribution in [3.05, 3.63) is 71.4 Å². The van der Waals surface area contributed by atoms with Crippen LogP contribution in [0.2, 0.25) is 0 Å². The van der Waals surface area contributed by atoms with Gasteiger partial charge in [0.2, 0.25) is 0 Å². The highest BCUT2D eigenvalue weighted by Crippen LogP contribution is 2.43. The lowest BCUT2D eigenvalue weighted by atomic mass is 9.67. The molecule has 0 fully saturated rings. The van der Waals surface area contributed by atoms with Gasteiger partial charge < -0.3 is 5.11 Å². The molecule has 0 aliphatic heterocycles. The van der Waals surface area contributed by atoms with E-state index in [0.717, 1.165) is 29.6 Å². The number of aliphatic carboxylic acids is 1. The zero-order chi connectivity index (χ0) is 19.9. The Hall–Kier alpha value is -2.42. The summed E-state index contributed by atoms with van der Waals surface area (Å²) in [5.41, 5.74) is 3.57. The largest absolute Gasteiger partial charge is 0.478 e. The molecule has 1 unspecified atom stereocenters. The standard InChI is InChI=1S/C23H30O3/c1-7-9-19-15-23(5,6)20(18(4)22(19)26)13-12-16(2)10-8-11-17(3)14-21(24)25/h7-8,10-14,19H,1,9,15H2,2-6H3,(H,24,25)/b11-8+,13-12+,16-10+,17-14+. The Morgan fingerprint density at radius 1 is 1.27 bits per heavy atom. The van der Waals surface area contributed by atoms with E-state index in [1.165, 1.54) is 6.08 Å². The lowest BCUT2D eigenvalue weighted by molar-refractivity contribution is -0.131. The summed E-state index contributed by atoms with van der Waals surface area (Å²) in [5, 5.41) is 8.69. The van der Waals surface area contributed by atoms with E-state index in [1.807, 2.05) is 44.2 Å². The van der Waals surface area contributed by atoms with Crippen LogP contribution in [0.5, 0.6) is 0 Å². The number of carbonyl (C=O) groups is 2. The molecular weight excluding hydrogens is 324 g/mol. The third-order valence-electron chi connectivity index (χ3n) is 4.66. The van der Waals surface area contributed by atoms with Gasteiger partial charge in [0.1, 0.15) is 0 Å². The van der Waals surface area contributed by atoms with Gasteiger partial charge in [-0.2, -0.15) is 0 Å². The normalized spacial score (nSPS) is 21.7. The Balaban J connectivity index is 2.99. The molecule has 0 amide bonds. The van der Waals surface area contributed by atoms with E-state index in [4.69, 9.17) is 5.11 Å². The molecule has 3 nitrogen and oxygen atoms in total. The number of hydrogen-bond donors (Lipinski definition) is 1. The summed E-state index contributed by atoms with van der Waals surface area (Å²) in [6.07, 6.45) is 14.1. The summed E-state index contributed by atoms with van der Waals surface area (Å²) in [7, 11) is 0. The summed E-state index contributed by atoms with van der Waals surface area (Å²) in [6.45, 7) is 13.8. The molecule has 0 spiro atoms. The van der Waals surface area contributed by atoms with Crippen LogP contribution in [0, 0.1) is 11.3 Å². The highest BCUT2D eigenvalue weighted by atomic mass is 16.4. The van der Waals surface area contributed by atoms with Crippen molar-refractivity contribution >= 4 is 11.8 Å². The molecule has 1 N–H and O–H groups in total. The molecule has 1 rings (SSSR count). The fourth-order valence-electron chi connectivity index (χ4n) is 3.37. The first-order valence-electron chi connectivity index (χ1n) is 8.89. The number of carbonyl (C=O) groups excluding carboxylic acids is 1. The van der Waals surface area contributed by atoms with Gasteiger partial charge in [0.25, 0.3) is 0 Å². The Kier molecular flexibility index (Phi) is 7.76. The van der Waals surface area contributed by atoms with Gasteiger partial charge in [-0.3, -0.25) is 4.79 Å². The van der Waals surface area contributed by atoms with Crippen LogP contribution in [0.15, 0.2) is 71.4 Å². The van der Waals surface area contributed by atoms with Crippen molar-refractivity contribution in [1.29, 1.82) is 0 Å². The molecule has 3 heteroatoms. The topological polar surface area (TPSA) is 54.4 Å². The van der Waals surface area contributed by atoms with E-state index in [0.29, 0.717) is 5.57 Å². The number of rotatable bonds is 7. The first-order valence-corrected chi connectivity index (χ1v) is 8.89. The van der Waals surface area contributed by atoms with Gasteiger partial charge in [-0.15, -0.1) is 6.58 Å². The minimum Gasteiger partial charge on any atom is -0.478 e. The Bertz CT molecular complexity index is 725. The molecule has 0 heterocycles. The van der Waals surface area contributed by atoms with Crippen LogP contribution in [0.4, 0.5) is 0 Å². The smallest absolute Gasteiger partial charge is 0.328 e. The van der Waals surface area contributed by atoms with Crippen LogP contribution in [0.1, 0.15) is 47.5 Å². The maximum absolute atomic E-state index is 12.6. The fraction of sp³-hybridized carbons (Fsp3) is 0.391. The zero-order valence-corrected chi connectivity index (χ0v) is 16.5. The number of allylic oxidation sites excluding steroid dienone is 10. The van der Waals surface area contributed by atoms with Crippen molar-refractivity contribution in [3.8, 4) is 0 Å². The third-order valence-corrected chi connectivity index (χ3v) is 4.66. The number of carboxylic acids is 1. The van der Waals surface area contributed by atoms with Crippen molar-refractivity contribution in [1.82, 2.24) is 0 Å². The summed E-state index contributed by atoms with van der Waals surface area (Å²) < 4.78 is 0. The molecule has 1 atom stereocenters. The lowest BCUT2D eigenvalue weighted by Gasteiger charge is -2.36. The Morgan fingerprint density at radius 2 is 1.92 bits per heavy atom. The van der Waals surface area contributed by atoms with Gasteiger partial charge in [0, 0.05) is 12.0 Å². The van der Waals surface area contributed by atoms with Crippen molar-refractivity contribution in [2.24, 2.45) is 11.3 Å². The Morgan fingerprint density at radius 3 is 2.50 bits per heavy atom. The molecule has 0 radical (unpaired) electrons. The molecule has 0 saturated heterocycles. The molecule has 0 bridgehead atoms. The van der Waals surface area contributed by atoms with Gasteiger partial charge in [0.15, 0.2) is 5.78 Å².